The minimum absolute atomic E-state index is 0.198. The zero-order chi connectivity index (χ0) is 17.8. The van der Waals surface area contributed by atoms with Gasteiger partial charge in [0.2, 0.25) is 5.91 Å². The first-order chi connectivity index (χ1) is 12.8. The van der Waals surface area contributed by atoms with Gasteiger partial charge in [-0.15, -0.1) is 0 Å². The van der Waals surface area contributed by atoms with E-state index in [1.54, 1.807) is 18.6 Å². The fraction of sp³-hybridized carbons (Fsp3) is 0. The number of rotatable bonds is 4. The number of nitrogens with zero attached hydrogens (tertiary/aromatic N) is 3. The summed E-state index contributed by atoms with van der Waals surface area (Å²) in [6.45, 7) is 0. The van der Waals surface area contributed by atoms with Crippen molar-refractivity contribution in [1.29, 1.82) is 0 Å². The molecular formula is C21H16N4O. The van der Waals surface area contributed by atoms with Gasteiger partial charge in [0.15, 0.2) is 0 Å². The third-order valence-electron chi connectivity index (χ3n) is 3.96. The quantitative estimate of drug-likeness (QED) is 0.570. The molecule has 4 rings (SSSR count). The van der Waals surface area contributed by atoms with Gasteiger partial charge in [0.25, 0.3) is 0 Å². The average molecular weight is 340 g/mol. The maximum atomic E-state index is 12.0. The summed E-state index contributed by atoms with van der Waals surface area (Å²) in [6, 6.07) is 21.2. The van der Waals surface area contributed by atoms with Crippen molar-refractivity contribution in [2.24, 2.45) is 0 Å². The minimum atomic E-state index is -0.198. The standard InChI is InChI=1S/C21H16N4O/c26-21(13-10-16-5-3-4-14-22-16)24-17-8-11-18(12-9-17)25-15-23-19-6-1-2-7-20(19)25/h1-15H,(H,24,26). The highest BCUT2D eigenvalue weighted by Gasteiger charge is 2.04. The second-order valence-corrected chi connectivity index (χ2v) is 5.73. The Balaban J connectivity index is 1.48. The summed E-state index contributed by atoms with van der Waals surface area (Å²) in [6.07, 6.45) is 6.64. The van der Waals surface area contributed by atoms with Gasteiger partial charge < -0.3 is 5.32 Å². The van der Waals surface area contributed by atoms with Crippen LogP contribution >= 0.6 is 0 Å². The molecule has 0 fully saturated rings. The molecule has 2 aromatic heterocycles. The van der Waals surface area contributed by atoms with E-state index in [9.17, 15) is 4.79 Å². The largest absolute Gasteiger partial charge is 0.323 e. The summed E-state index contributed by atoms with van der Waals surface area (Å²) in [7, 11) is 0. The number of para-hydroxylation sites is 2. The molecule has 0 saturated carbocycles. The van der Waals surface area contributed by atoms with Gasteiger partial charge in [-0.3, -0.25) is 14.3 Å². The molecule has 26 heavy (non-hydrogen) atoms. The van der Waals surface area contributed by atoms with E-state index in [0.717, 1.165) is 28.1 Å². The molecule has 0 aliphatic rings. The number of benzene rings is 2. The van der Waals surface area contributed by atoms with Crippen molar-refractivity contribution in [2.45, 2.75) is 0 Å². The maximum Gasteiger partial charge on any atom is 0.248 e. The van der Waals surface area contributed by atoms with Crippen molar-refractivity contribution in [2.75, 3.05) is 5.32 Å². The predicted octanol–water partition coefficient (Wildman–Crippen LogP) is 4.07. The maximum absolute atomic E-state index is 12.0. The number of anilines is 1. The van der Waals surface area contributed by atoms with Crippen LogP contribution in [0.3, 0.4) is 0 Å². The molecule has 0 aliphatic heterocycles. The van der Waals surface area contributed by atoms with E-state index in [1.807, 2.05) is 71.3 Å². The number of nitrogens with one attached hydrogen (secondary N) is 1. The van der Waals surface area contributed by atoms with Gasteiger partial charge in [0.1, 0.15) is 6.33 Å². The molecule has 2 heterocycles. The molecule has 1 N–H and O–H groups in total. The predicted molar refractivity (Wildman–Crippen MR) is 103 cm³/mol. The highest BCUT2D eigenvalue weighted by atomic mass is 16.1. The topological polar surface area (TPSA) is 59.8 Å². The first-order valence-electron chi connectivity index (χ1n) is 8.22. The first kappa shape index (κ1) is 15.8. The first-order valence-corrected chi connectivity index (χ1v) is 8.22. The number of aromatic nitrogens is 3. The summed E-state index contributed by atoms with van der Waals surface area (Å²) in [4.78, 5) is 20.6. The molecule has 0 aliphatic carbocycles. The molecule has 0 atom stereocenters. The lowest BCUT2D eigenvalue weighted by Gasteiger charge is -2.06. The lowest BCUT2D eigenvalue weighted by molar-refractivity contribution is -0.111. The zero-order valence-electron chi connectivity index (χ0n) is 13.9. The Kier molecular flexibility index (Phi) is 4.26. The number of pyridine rings is 1. The smallest absolute Gasteiger partial charge is 0.248 e. The van der Waals surface area contributed by atoms with Crippen LogP contribution < -0.4 is 5.32 Å². The lowest BCUT2D eigenvalue weighted by atomic mass is 10.2. The fourth-order valence-corrected chi connectivity index (χ4v) is 2.69. The average Bonchev–Trinajstić information content (AvgIpc) is 3.12. The Morgan fingerprint density at radius 1 is 0.923 bits per heavy atom. The van der Waals surface area contributed by atoms with Gasteiger partial charge in [-0.1, -0.05) is 18.2 Å². The SMILES string of the molecule is O=C(C=Cc1ccccn1)Nc1ccc(-n2cnc3ccccc32)cc1. The summed E-state index contributed by atoms with van der Waals surface area (Å²) in [5.74, 6) is -0.198. The summed E-state index contributed by atoms with van der Waals surface area (Å²) in [5.41, 5.74) is 4.45. The molecule has 1 amide bonds. The number of hydrogen-bond acceptors (Lipinski definition) is 3. The van der Waals surface area contributed by atoms with Crippen LogP contribution in [0.15, 0.2) is 85.3 Å². The Morgan fingerprint density at radius 2 is 1.73 bits per heavy atom. The number of carbonyl (C=O) groups excluding carboxylic acids is 1. The van der Waals surface area contributed by atoms with Crippen LogP contribution in [0.25, 0.3) is 22.8 Å². The molecular weight excluding hydrogens is 324 g/mol. The van der Waals surface area contributed by atoms with Gasteiger partial charge in [-0.25, -0.2) is 4.98 Å². The minimum Gasteiger partial charge on any atom is -0.323 e. The number of fused-ring (bicyclic) bond motifs is 1. The molecule has 0 saturated heterocycles. The molecule has 4 aromatic rings. The van der Waals surface area contributed by atoms with Gasteiger partial charge >= 0.3 is 0 Å². The molecule has 0 bridgehead atoms. The van der Waals surface area contributed by atoms with E-state index in [-0.39, 0.29) is 5.91 Å². The Hall–Kier alpha value is -3.73. The van der Waals surface area contributed by atoms with Crippen molar-refractivity contribution in [1.82, 2.24) is 14.5 Å². The molecule has 5 heteroatoms. The van der Waals surface area contributed by atoms with Crippen LogP contribution in [0.1, 0.15) is 5.69 Å². The number of imidazole rings is 1. The van der Waals surface area contributed by atoms with E-state index < -0.39 is 0 Å². The van der Waals surface area contributed by atoms with Crippen LogP contribution in [0.5, 0.6) is 0 Å². The normalized spacial score (nSPS) is 11.1. The molecule has 0 unspecified atom stereocenters. The van der Waals surface area contributed by atoms with Crippen molar-refractivity contribution < 1.29 is 4.79 Å². The monoisotopic (exact) mass is 340 g/mol. The van der Waals surface area contributed by atoms with E-state index >= 15 is 0 Å². The van der Waals surface area contributed by atoms with Crippen LogP contribution in [-0.2, 0) is 4.79 Å². The van der Waals surface area contributed by atoms with Gasteiger partial charge in [0.05, 0.1) is 16.7 Å². The molecule has 2 aromatic carbocycles. The molecule has 5 nitrogen and oxygen atoms in total. The van der Waals surface area contributed by atoms with Crippen LogP contribution in [-0.4, -0.2) is 20.4 Å². The van der Waals surface area contributed by atoms with E-state index in [2.05, 4.69) is 15.3 Å². The van der Waals surface area contributed by atoms with E-state index in [0.29, 0.717) is 0 Å². The van der Waals surface area contributed by atoms with Crippen LogP contribution in [0.4, 0.5) is 5.69 Å². The summed E-state index contributed by atoms with van der Waals surface area (Å²) in [5, 5.41) is 2.84. The van der Waals surface area contributed by atoms with Gasteiger partial charge in [-0.2, -0.15) is 0 Å². The number of hydrogen-bond donors (Lipinski definition) is 1. The van der Waals surface area contributed by atoms with Crippen molar-refractivity contribution >= 4 is 28.7 Å². The molecule has 0 spiro atoms. The summed E-state index contributed by atoms with van der Waals surface area (Å²) < 4.78 is 2.02. The van der Waals surface area contributed by atoms with Crippen molar-refractivity contribution in [3.05, 3.63) is 91.0 Å². The molecule has 126 valence electrons. The molecule has 0 radical (unpaired) electrons. The second kappa shape index (κ2) is 7.03. The number of carbonyl (C=O) groups is 1. The summed E-state index contributed by atoms with van der Waals surface area (Å²) >= 11 is 0. The highest BCUT2D eigenvalue weighted by Crippen LogP contribution is 2.19. The van der Waals surface area contributed by atoms with Crippen molar-refractivity contribution in [3.8, 4) is 5.69 Å². The number of amides is 1. The van der Waals surface area contributed by atoms with E-state index in [4.69, 9.17) is 0 Å². The van der Waals surface area contributed by atoms with E-state index in [1.165, 1.54) is 6.08 Å². The third-order valence-corrected chi connectivity index (χ3v) is 3.96. The highest BCUT2D eigenvalue weighted by molar-refractivity contribution is 6.01. The van der Waals surface area contributed by atoms with Crippen LogP contribution in [0.2, 0.25) is 0 Å². The van der Waals surface area contributed by atoms with Gasteiger partial charge in [0, 0.05) is 23.6 Å². The third kappa shape index (κ3) is 3.37. The second-order valence-electron chi connectivity index (χ2n) is 5.73. The Morgan fingerprint density at radius 3 is 2.54 bits per heavy atom. The Labute approximate surface area is 150 Å². The van der Waals surface area contributed by atoms with Gasteiger partial charge in [-0.05, 0) is 54.6 Å². The lowest BCUT2D eigenvalue weighted by Crippen LogP contribution is -2.07. The van der Waals surface area contributed by atoms with Crippen molar-refractivity contribution in [3.63, 3.8) is 0 Å². The van der Waals surface area contributed by atoms with Crippen LogP contribution in [0, 0.1) is 0 Å². The Bertz CT molecular complexity index is 1070. The zero-order valence-corrected chi connectivity index (χ0v) is 13.9. The fourth-order valence-electron chi connectivity index (χ4n) is 2.69.